The molecule has 0 saturated carbocycles. The number of aromatic nitrogens is 3. The average molecular weight is 591 g/mol. The Kier molecular flexibility index (Phi) is 9.05. The molecule has 1 atom stereocenters. The van der Waals surface area contributed by atoms with Crippen LogP contribution in [0, 0.1) is 5.82 Å². The first kappa shape index (κ1) is 28.4. The zero-order valence-electron chi connectivity index (χ0n) is 22.2. The molecule has 3 heterocycles. The molecule has 0 aliphatic carbocycles. The van der Waals surface area contributed by atoms with Crippen LogP contribution < -0.4 is 9.64 Å². The molecule has 0 bridgehead atoms. The number of halogens is 1. The van der Waals surface area contributed by atoms with Crippen LogP contribution in [0.25, 0.3) is 5.76 Å². The van der Waals surface area contributed by atoms with E-state index in [0.29, 0.717) is 39.1 Å². The van der Waals surface area contributed by atoms with E-state index >= 15 is 0 Å². The van der Waals surface area contributed by atoms with Crippen molar-refractivity contribution in [1.82, 2.24) is 15.2 Å². The second-order valence-corrected chi connectivity index (χ2v) is 11.4. The molecule has 5 rings (SSSR count). The number of ether oxygens (including phenoxy) is 1. The van der Waals surface area contributed by atoms with Crippen LogP contribution in [0.3, 0.4) is 0 Å². The molecule has 1 N–H and O–H groups in total. The Balaban J connectivity index is 1.51. The predicted molar refractivity (Wildman–Crippen MR) is 156 cm³/mol. The van der Waals surface area contributed by atoms with Crippen molar-refractivity contribution in [1.29, 1.82) is 0 Å². The Bertz CT molecular complexity index is 1580. The summed E-state index contributed by atoms with van der Waals surface area (Å²) >= 11 is 2.40. The number of aliphatic hydroxyl groups excluding tert-OH is 1. The van der Waals surface area contributed by atoms with Gasteiger partial charge in [-0.2, -0.15) is 0 Å². The summed E-state index contributed by atoms with van der Waals surface area (Å²) in [4.78, 5) is 32.1. The summed E-state index contributed by atoms with van der Waals surface area (Å²) in [6.07, 6.45) is 6.00. The van der Waals surface area contributed by atoms with Gasteiger partial charge in [-0.15, -0.1) is 10.2 Å². The first-order chi connectivity index (χ1) is 20.0. The lowest BCUT2D eigenvalue weighted by Crippen LogP contribution is -2.29. The number of hydrogen-bond donors (Lipinski definition) is 1. The van der Waals surface area contributed by atoms with E-state index in [1.54, 1.807) is 48.5 Å². The summed E-state index contributed by atoms with van der Waals surface area (Å²) < 4.78 is 20.5. The molecule has 1 saturated heterocycles. The van der Waals surface area contributed by atoms with Gasteiger partial charge < -0.3 is 9.84 Å². The molecule has 2 aromatic carbocycles. The summed E-state index contributed by atoms with van der Waals surface area (Å²) in [6, 6.07) is 15.8. The number of Topliss-reactive ketones (excluding diaryl/α,β-unsaturated/α-hetero) is 1. The standard InChI is InChI=1S/C30H27FN4O4S2/c1-2-3-6-16-39-22-10-7-9-20(17-22)25-24(26(36)19-12-14-32-15-13-19)27(37)28(38)35(25)29-33-34-30(41-29)40-18-21-8-4-5-11-23(21)31/h4-5,7-15,17,25,36H,2-3,6,16,18H2,1H3/b26-24+. The van der Waals surface area contributed by atoms with Crippen LogP contribution in [0.4, 0.5) is 9.52 Å². The number of benzene rings is 2. The highest BCUT2D eigenvalue weighted by atomic mass is 32.2. The minimum atomic E-state index is -0.972. The Morgan fingerprint density at radius 2 is 1.88 bits per heavy atom. The first-order valence-corrected chi connectivity index (χ1v) is 14.9. The molecule has 41 heavy (non-hydrogen) atoms. The maximum absolute atomic E-state index is 14.1. The van der Waals surface area contributed by atoms with E-state index in [4.69, 9.17) is 4.74 Å². The van der Waals surface area contributed by atoms with Crippen LogP contribution in [0.1, 0.15) is 48.9 Å². The fourth-order valence-electron chi connectivity index (χ4n) is 4.44. The Morgan fingerprint density at radius 1 is 1.07 bits per heavy atom. The van der Waals surface area contributed by atoms with Crippen LogP contribution in [0.15, 0.2) is 83.0 Å². The average Bonchev–Trinajstić information content (AvgIpc) is 3.57. The quantitative estimate of drug-likeness (QED) is 0.0523. The normalized spacial score (nSPS) is 16.3. The summed E-state index contributed by atoms with van der Waals surface area (Å²) in [5.41, 5.74) is 1.37. The van der Waals surface area contributed by atoms with Gasteiger partial charge in [0.2, 0.25) is 5.13 Å². The molecule has 1 fully saturated rings. The molecule has 2 aromatic heterocycles. The smallest absolute Gasteiger partial charge is 0.301 e. The van der Waals surface area contributed by atoms with Crippen molar-refractivity contribution in [2.45, 2.75) is 42.3 Å². The van der Waals surface area contributed by atoms with Crippen molar-refractivity contribution < 1.29 is 23.8 Å². The summed E-state index contributed by atoms with van der Waals surface area (Å²) in [5.74, 6) is -1.39. The molecule has 0 radical (unpaired) electrons. The van der Waals surface area contributed by atoms with Gasteiger partial charge in [0.25, 0.3) is 5.78 Å². The van der Waals surface area contributed by atoms with Crippen LogP contribution in [-0.4, -0.2) is 38.6 Å². The van der Waals surface area contributed by atoms with E-state index in [1.807, 2.05) is 6.07 Å². The van der Waals surface area contributed by atoms with Gasteiger partial charge in [-0.1, -0.05) is 73.2 Å². The van der Waals surface area contributed by atoms with Gasteiger partial charge in [0, 0.05) is 23.7 Å². The Labute approximate surface area is 244 Å². The van der Waals surface area contributed by atoms with Crippen molar-refractivity contribution in [2.75, 3.05) is 11.5 Å². The number of carbonyl (C=O) groups is 2. The summed E-state index contributed by atoms with van der Waals surface area (Å²) in [5, 5.41) is 19.9. The maximum atomic E-state index is 14.1. The predicted octanol–water partition coefficient (Wildman–Crippen LogP) is 6.56. The molecule has 1 aliphatic heterocycles. The second-order valence-electron chi connectivity index (χ2n) is 9.26. The summed E-state index contributed by atoms with van der Waals surface area (Å²) in [7, 11) is 0. The number of thioether (sulfide) groups is 1. The zero-order valence-corrected chi connectivity index (χ0v) is 23.8. The minimum Gasteiger partial charge on any atom is -0.507 e. The summed E-state index contributed by atoms with van der Waals surface area (Å²) in [6.45, 7) is 2.65. The largest absolute Gasteiger partial charge is 0.507 e. The monoisotopic (exact) mass is 590 g/mol. The SMILES string of the molecule is CCCCCOc1cccc(C2/C(=C(\O)c3ccncc3)C(=O)C(=O)N2c2nnc(SCc3ccccc3F)s2)c1. The maximum Gasteiger partial charge on any atom is 0.301 e. The van der Waals surface area contributed by atoms with E-state index < -0.39 is 17.7 Å². The molecule has 0 spiro atoms. The van der Waals surface area contributed by atoms with E-state index in [0.717, 1.165) is 30.6 Å². The number of aliphatic hydroxyl groups is 1. The van der Waals surface area contributed by atoms with Crippen LogP contribution in [0.5, 0.6) is 5.75 Å². The number of nitrogens with zero attached hydrogens (tertiary/aromatic N) is 4. The highest BCUT2D eigenvalue weighted by Gasteiger charge is 2.48. The number of pyridine rings is 1. The van der Waals surface area contributed by atoms with Crippen LogP contribution in [-0.2, 0) is 15.3 Å². The van der Waals surface area contributed by atoms with Gasteiger partial charge in [-0.3, -0.25) is 19.5 Å². The van der Waals surface area contributed by atoms with E-state index in [-0.39, 0.29) is 22.3 Å². The molecule has 11 heteroatoms. The molecule has 4 aromatic rings. The fourth-order valence-corrected chi connectivity index (χ4v) is 6.29. The number of anilines is 1. The third-order valence-corrected chi connectivity index (χ3v) is 8.60. The first-order valence-electron chi connectivity index (χ1n) is 13.1. The highest BCUT2D eigenvalue weighted by Crippen LogP contribution is 2.44. The van der Waals surface area contributed by atoms with Gasteiger partial charge in [-0.05, 0) is 47.9 Å². The third-order valence-electron chi connectivity index (χ3n) is 6.50. The Morgan fingerprint density at radius 3 is 2.66 bits per heavy atom. The lowest BCUT2D eigenvalue weighted by atomic mass is 9.95. The third kappa shape index (κ3) is 6.31. The number of unbranched alkanes of at least 4 members (excludes halogenated alkanes) is 2. The van der Waals surface area contributed by atoms with E-state index in [1.165, 1.54) is 35.1 Å². The zero-order chi connectivity index (χ0) is 28.8. The molecule has 8 nitrogen and oxygen atoms in total. The molecular formula is C30H27FN4O4S2. The van der Waals surface area contributed by atoms with Gasteiger partial charge in [-0.25, -0.2) is 4.39 Å². The Hall–Kier alpha value is -4.09. The van der Waals surface area contributed by atoms with Gasteiger partial charge in [0.1, 0.15) is 17.3 Å². The molecule has 1 amide bonds. The minimum absolute atomic E-state index is 0.0694. The van der Waals surface area contributed by atoms with Crippen molar-refractivity contribution in [3.63, 3.8) is 0 Å². The van der Waals surface area contributed by atoms with Gasteiger partial charge in [0.05, 0.1) is 18.2 Å². The number of carbonyl (C=O) groups excluding carboxylic acids is 2. The van der Waals surface area contributed by atoms with Gasteiger partial charge >= 0.3 is 5.91 Å². The number of hydrogen-bond acceptors (Lipinski definition) is 9. The van der Waals surface area contributed by atoms with Crippen LogP contribution in [0.2, 0.25) is 0 Å². The lowest BCUT2D eigenvalue weighted by molar-refractivity contribution is -0.132. The number of rotatable bonds is 11. The molecule has 210 valence electrons. The lowest BCUT2D eigenvalue weighted by Gasteiger charge is -2.23. The van der Waals surface area contributed by atoms with Crippen molar-refractivity contribution in [3.05, 3.63) is 101 Å². The second kappa shape index (κ2) is 13.0. The van der Waals surface area contributed by atoms with Crippen molar-refractivity contribution >= 4 is 45.7 Å². The van der Waals surface area contributed by atoms with E-state index in [2.05, 4.69) is 22.1 Å². The van der Waals surface area contributed by atoms with Crippen molar-refractivity contribution in [3.8, 4) is 5.75 Å². The number of ketones is 1. The van der Waals surface area contributed by atoms with E-state index in [9.17, 15) is 19.1 Å². The van der Waals surface area contributed by atoms with Crippen molar-refractivity contribution in [2.24, 2.45) is 0 Å². The van der Waals surface area contributed by atoms with Crippen LogP contribution >= 0.6 is 23.1 Å². The topological polar surface area (TPSA) is 106 Å². The molecular weight excluding hydrogens is 563 g/mol. The highest BCUT2D eigenvalue weighted by molar-refractivity contribution is 8.00. The molecule has 1 aliphatic rings. The number of amides is 1. The molecule has 1 unspecified atom stereocenters. The fraction of sp³-hybridized carbons (Fsp3) is 0.233. The van der Waals surface area contributed by atoms with Gasteiger partial charge in [0.15, 0.2) is 4.34 Å².